The van der Waals surface area contributed by atoms with E-state index in [0.29, 0.717) is 6.42 Å². The summed E-state index contributed by atoms with van der Waals surface area (Å²) in [5.41, 5.74) is 3.30. The van der Waals surface area contributed by atoms with Gasteiger partial charge in [-0.15, -0.1) is 6.58 Å². The quantitative estimate of drug-likeness (QED) is 0.254. The van der Waals surface area contributed by atoms with Crippen molar-refractivity contribution >= 4 is 16.9 Å². The number of para-hydroxylation sites is 1. The molecule has 1 fully saturated rings. The van der Waals surface area contributed by atoms with Gasteiger partial charge in [-0.2, -0.15) is 0 Å². The molecule has 37 heavy (non-hydrogen) atoms. The highest BCUT2D eigenvalue weighted by atomic mass is 16.8. The van der Waals surface area contributed by atoms with Gasteiger partial charge in [0.1, 0.15) is 24.4 Å². The highest BCUT2D eigenvalue weighted by Crippen LogP contribution is 2.41. The van der Waals surface area contributed by atoms with Crippen molar-refractivity contribution in [3.8, 4) is 0 Å². The number of nitrogens with one attached hydrogen (secondary N) is 2. The van der Waals surface area contributed by atoms with Gasteiger partial charge in [0, 0.05) is 34.5 Å². The number of aliphatic carboxylic acids is 1. The van der Waals surface area contributed by atoms with Crippen LogP contribution in [0.4, 0.5) is 0 Å². The van der Waals surface area contributed by atoms with E-state index in [4.69, 9.17) is 14.2 Å². The highest BCUT2D eigenvalue weighted by molar-refractivity contribution is 5.87. The minimum atomic E-state index is -1.62. The fraction of sp³-hybridized carbons (Fsp3) is 0.500. The summed E-state index contributed by atoms with van der Waals surface area (Å²) in [5.74, 6) is -2.36. The molecule has 0 saturated carbocycles. The molecule has 5 rings (SSSR count). The average Bonchev–Trinajstić information content (AvgIpc) is 3.28. The molecule has 0 amide bonds. The summed E-state index contributed by atoms with van der Waals surface area (Å²) in [6.45, 7) is 4.01. The van der Waals surface area contributed by atoms with Gasteiger partial charge in [-0.25, -0.2) is 4.79 Å². The Morgan fingerprint density at radius 2 is 1.95 bits per heavy atom. The third-order valence-electron chi connectivity index (χ3n) is 7.59. The number of benzene rings is 1. The van der Waals surface area contributed by atoms with Crippen molar-refractivity contribution in [1.82, 2.24) is 10.3 Å². The molecule has 0 spiro atoms. The Kier molecular flexibility index (Phi) is 7.37. The molecule has 1 saturated heterocycles. The minimum absolute atomic E-state index is 0.0589. The number of aliphatic hydroxyl groups is 4. The number of hydrogen-bond acceptors (Lipinski definition) is 9. The van der Waals surface area contributed by atoms with Crippen molar-refractivity contribution < 1.29 is 44.5 Å². The Hall–Kier alpha value is -2.77. The van der Waals surface area contributed by atoms with E-state index in [2.05, 4.69) is 22.9 Å². The van der Waals surface area contributed by atoms with Crippen LogP contribution in [0.2, 0.25) is 0 Å². The van der Waals surface area contributed by atoms with E-state index < -0.39 is 61.4 Å². The van der Waals surface area contributed by atoms with Crippen molar-refractivity contribution in [2.75, 3.05) is 13.2 Å². The number of carbonyl (C=O) groups is 1. The number of carboxylic acid groups (broad SMARTS) is 1. The average molecular weight is 517 g/mol. The number of aliphatic hydroxyl groups excluding tert-OH is 4. The number of hydrogen-bond donors (Lipinski definition) is 7. The third-order valence-corrected chi connectivity index (χ3v) is 7.59. The first kappa shape index (κ1) is 25.9. The lowest BCUT2D eigenvalue weighted by Crippen LogP contribution is -2.60. The van der Waals surface area contributed by atoms with E-state index in [9.17, 15) is 30.3 Å². The van der Waals surface area contributed by atoms with Crippen molar-refractivity contribution in [3.05, 3.63) is 60.0 Å². The molecule has 9 atom stereocenters. The summed E-state index contributed by atoms with van der Waals surface area (Å²) in [5, 5.41) is 54.6. The van der Waals surface area contributed by atoms with Crippen LogP contribution >= 0.6 is 0 Å². The normalized spacial score (nSPS) is 35.9. The molecule has 200 valence electrons. The third kappa shape index (κ3) is 4.68. The van der Waals surface area contributed by atoms with E-state index in [1.54, 1.807) is 6.08 Å². The zero-order valence-corrected chi connectivity index (χ0v) is 20.1. The lowest BCUT2D eigenvalue weighted by Gasteiger charge is -2.43. The van der Waals surface area contributed by atoms with Gasteiger partial charge in [0.25, 0.3) is 0 Å². The SMILES string of the molecule is C=C[C@H]1[C@H](O[C@@H]2O[C@H](CO)[C@@H](O)[C@H](O)[C@H]2O)OC=C(C(=O)O)[C@H]1C[C@@H]1NCCc2c1[nH]c1ccccc21. The number of carboxylic acids is 1. The topological polar surface area (TPSA) is 174 Å². The number of H-pyrrole nitrogens is 1. The smallest absolute Gasteiger partial charge is 0.334 e. The van der Waals surface area contributed by atoms with Crippen LogP contribution in [0.5, 0.6) is 0 Å². The maximum absolute atomic E-state index is 12.2. The van der Waals surface area contributed by atoms with Crippen LogP contribution in [0.15, 0.2) is 48.8 Å². The first-order valence-corrected chi connectivity index (χ1v) is 12.3. The summed E-state index contributed by atoms with van der Waals surface area (Å²) in [4.78, 5) is 15.6. The molecule has 0 radical (unpaired) electrons. The molecule has 0 unspecified atom stereocenters. The molecule has 4 heterocycles. The summed E-state index contributed by atoms with van der Waals surface area (Å²) in [6, 6.07) is 7.87. The second-order valence-electron chi connectivity index (χ2n) is 9.69. The summed E-state index contributed by atoms with van der Waals surface area (Å²) in [6.07, 6.45) is -4.53. The van der Waals surface area contributed by atoms with Crippen LogP contribution in [0.25, 0.3) is 10.9 Å². The number of fused-ring (bicyclic) bond motifs is 3. The number of ether oxygens (including phenoxy) is 3. The molecule has 3 aliphatic heterocycles. The van der Waals surface area contributed by atoms with E-state index >= 15 is 0 Å². The number of aromatic amines is 1. The molecular weight excluding hydrogens is 484 g/mol. The summed E-state index contributed by atoms with van der Waals surface area (Å²) in [7, 11) is 0. The predicted molar refractivity (Wildman–Crippen MR) is 130 cm³/mol. The first-order chi connectivity index (χ1) is 17.8. The van der Waals surface area contributed by atoms with Gasteiger partial charge in [0.2, 0.25) is 6.29 Å². The van der Waals surface area contributed by atoms with Crippen molar-refractivity contribution in [3.63, 3.8) is 0 Å². The van der Waals surface area contributed by atoms with Crippen LogP contribution in [0, 0.1) is 11.8 Å². The lowest BCUT2D eigenvalue weighted by atomic mass is 9.78. The number of rotatable bonds is 7. The van der Waals surface area contributed by atoms with Gasteiger partial charge in [0.05, 0.1) is 18.4 Å². The highest BCUT2D eigenvalue weighted by Gasteiger charge is 2.48. The second kappa shape index (κ2) is 10.5. The standard InChI is InChI=1S/C26H32N2O9/c1-2-12-15(9-18-20-14(7-8-27-18)13-5-3-4-6-17(13)28-20)16(24(33)34)11-35-25(12)37-26-23(32)22(31)21(30)19(10-29)36-26/h2-6,11-12,15,18-19,21-23,25-32H,1,7-10H2,(H,33,34)/t12-,15+,18+,19-,21-,22+,23-,25+,26+/m1/s1. The predicted octanol–water partition coefficient (Wildman–Crippen LogP) is 0.305. The molecule has 1 aromatic carbocycles. The van der Waals surface area contributed by atoms with E-state index in [-0.39, 0.29) is 11.6 Å². The molecule has 11 heteroatoms. The van der Waals surface area contributed by atoms with Crippen LogP contribution < -0.4 is 5.32 Å². The maximum atomic E-state index is 12.2. The molecular formula is C26H32N2O9. The Balaban J connectivity index is 1.41. The Labute approximate surface area is 213 Å². The van der Waals surface area contributed by atoms with Crippen molar-refractivity contribution in [1.29, 1.82) is 0 Å². The van der Waals surface area contributed by atoms with E-state index in [0.717, 1.165) is 35.8 Å². The molecule has 0 aliphatic carbocycles. The molecule has 2 aromatic rings. The van der Waals surface area contributed by atoms with Crippen molar-refractivity contribution in [2.24, 2.45) is 11.8 Å². The first-order valence-electron chi connectivity index (χ1n) is 12.3. The van der Waals surface area contributed by atoms with Crippen molar-refractivity contribution in [2.45, 2.75) is 55.9 Å². The van der Waals surface area contributed by atoms with Gasteiger partial charge in [-0.05, 0) is 31.0 Å². The largest absolute Gasteiger partial charge is 0.478 e. The summed E-state index contributed by atoms with van der Waals surface area (Å²) < 4.78 is 16.9. The zero-order valence-electron chi connectivity index (χ0n) is 20.1. The monoisotopic (exact) mass is 516 g/mol. The van der Waals surface area contributed by atoms with Gasteiger partial charge in [0.15, 0.2) is 6.29 Å². The van der Waals surface area contributed by atoms with Crippen LogP contribution in [0.1, 0.15) is 23.7 Å². The van der Waals surface area contributed by atoms with Gasteiger partial charge in [-0.1, -0.05) is 24.3 Å². The fourth-order valence-electron chi connectivity index (χ4n) is 5.64. The van der Waals surface area contributed by atoms with Crippen LogP contribution in [-0.4, -0.2) is 86.6 Å². The Morgan fingerprint density at radius 3 is 2.68 bits per heavy atom. The minimum Gasteiger partial charge on any atom is -0.478 e. The maximum Gasteiger partial charge on any atom is 0.334 e. The second-order valence-corrected chi connectivity index (χ2v) is 9.69. The van der Waals surface area contributed by atoms with Crippen LogP contribution in [-0.2, 0) is 25.4 Å². The van der Waals surface area contributed by atoms with Gasteiger partial charge in [-0.3, -0.25) is 0 Å². The Bertz CT molecular complexity index is 1180. The molecule has 3 aliphatic rings. The summed E-state index contributed by atoms with van der Waals surface area (Å²) >= 11 is 0. The van der Waals surface area contributed by atoms with E-state index in [1.165, 1.54) is 5.56 Å². The van der Waals surface area contributed by atoms with Gasteiger partial charge >= 0.3 is 5.97 Å². The molecule has 1 aromatic heterocycles. The Morgan fingerprint density at radius 1 is 1.16 bits per heavy atom. The van der Waals surface area contributed by atoms with Crippen LogP contribution in [0.3, 0.4) is 0 Å². The zero-order chi connectivity index (χ0) is 26.3. The number of aromatic nitrogens is 1. The van der Waals surface area contributed by atoms with E-state index in [1.807, 2.05) is 18.2 Å². The van der Waals surface area contributed by atoms with Gasteiger partial charge < -0.3 is 50.0 Å². The lowest BCUT2D eigenvalue weighted by molar-refractivity contribution is -0.339. The molecule has 0 bridgehead atoms. The molecule has 11 nitrogen and oxygen atoms in total. The fourth-order valence-corrected chi connectivity index (χ4v) is 5.64. The molecule has 7 N–H and O–H groups in total.